The highest BCUT2D eigenvalue weighted by atomic mass is 35.5. The third-order valence-corrected chi connectivity index (χ3v) is 2.00. The molecule has 0 amide bonds. The zero-order valence-corrected chi connectivity index (χ0v) is 8.49. The third-order valence-electron chi connectivity index (χ3n) is 1.61. The van der Waals surface area contributed by atoms with Crippen LogP contribution in [-0.2, 0) is 5.92 Å². The Morgan fingerprint density at radius 3 is 2.21 bits per heavy atom. The number of rotatable bonds is 3. The van der Waals surface area contributed by atoms with E-state index in [1.165, 1.54) is 0 Å². The number of halogens is 4. The van der Waals surface area contributed by atoms with Gasteiger partial charge in [0.25, 0.3) is 5.92 Å². The molecule has 2 nitrogen and oxygen atoms in total. The lowest BCUT2D eigenvalue weighted by Gasteiger charge is -2.15. The van der Waals surface area contributed by atoms with Gasteiger partial charge in [0.2, 0.25) is 0 Å². The Hall–Kier alpha value is -0.450. The lowest BCUT2D eigenvalue weighted by Crippen LogP contribution is -2.15. The molecule has 0 saturated heterocycles. The molecule has 0 radical (unpaired) electrons. The van der Waals surface area contributed by atoms with Gasteiger partial charge in [0, 0.05) is 18.6 Å². The molecule has 0 aromatic carbocycles. The van der Waals surface area contributed by atoms with Crippen LogP contribution in [0.15, 0.2) is 12.1 Å². The van der Waals surface area contributed by atoms with E-state index in [9.17, 15) is 8.78 Å². The van der Waals surface area contributed by atoms with Crippen LogP contribution in [0.5, 0.6) is 0 Å². The van der Waals surface area contributed by atoms with E-state index in [1.807, 2.05) is 0 Å². The lowest BCUT2D eigenvalue weighted by atomic mass is 10.1. The molecule has 0 aliphatic rings. The standard InChI is InChI=1S/C8H7Cl2F2NO/c9-6-3-5(4-7(10)13-6)8(11,12)1-2-14/h3-4,14H,1-2H2. The molecular formula is C8H7Cl2F2NO. The Labute approximate surface area is 89.5 Å². The van der Waals surface area contributed by atoms with Crippen molar-refractivity contribution in [3.8, 4) is 0 Å². The molecule has 0 saturated carbocycles. The first-order valence-electron chi connectivity index (χ1n) is 3.78. The van der Waals surface area contributed by atoms with Crippen molar-refractivity contribution in [3.05, 3.63) is 28.0 Å². The second-order valence-electron chi connectivity index (χ2n) is 2.68. The fourth-order valence-electron chi connectivity index (χ4n) is 0.961. The van der Waals surface area contributed by atoms with Crippen LogP contribution in [0.3, 0.4) is 0 Å². The molecule has 1 N–H and O–H groups in total. The van der Waals surface area contributed by atoms with Crippen molar-refractivity contribution in [3.63, 3.8) is 0 Å². The van der Waals surface area contributed by atoms with Crippen molar-refractivity contribution in [1.82, 2.24) is 4.98 Å². The van der Waals surface area contributed by atoms with Crippen LogP contribution in [0.4, 0.5) is 8.78 Å². The molecule has 0 aliphatic heterocycles. The van der Waals surface area contributed by atoms with Crippen molar-refractivity contribution in [1.29, 1.82) is 0 Å². The van der Waals surface area contributed by atoms with Gasteiger partial charge in [-0.05, 0) is 12.1 Å². The summed E-state index contributed by atoms with van der Waals surface area (Å²) >= 11 is 10.9. The first-order valence-corrected chi connectivity index (χ1v) is 4.53. The number of alkyl halides is 2. The zero-order chi connectivity index (χ0) is 10.8. The van der Waals surface area contributed by atoms with E-state index < -0.39 is 19.0 Å². The van der Waals surface area contributed by atoms with E-state index in [1.54, 1.807) is 0 Å². The monoisotopic (exact) mass is 241 g/mol. The van der Waals surface area contributed by atoms with Gasteiger partial charge in [0.1, 0.15) is 10.3 Å². The summed E-state index contributed by atoms with van der Waals surface area (Å²) in [4.78, 5) is 3.54. The van der Waals surface area contributed by atoms with Crippen LogP contribution in [0.1, 0.15) is 12.0 Å². The van der Waals surface area contributed by atoms with Crippen molar-refractivity contribution < 1.29 is 13.9 Å². The van der Waals surface area contributed by atoms with Gasteiger partial charge in [-0.15, -0.1) is 0 Å². The molecular weight excluding hydrogens is 235 g/mol. The van der Waals surface area contributed by atoms with E-state index >= 15 is 0 Å². The van der Waals surface area contributed by atoms with Gasteiger partial charge in [-0.1, -0.05) is 23.2 Å². The van der Waals surface area contributed by atoms with Gasteiger partial charge in [0.15, 0.2) is 0 Å². The predicted octanol–water partition coefficient (Wildman–Crippen LogP) is 2.86. The Balaban J connectivity index is 3.05. The van der Waals surface area contributed by atoms with Crippen LogP contribution >= 0.6 is 23.2 Å². The van der Waals surface area contributed by atoms with E-state index in [4.69, 9.17) is 28.3 Å². The largest absolute Gasteiger partial charge is 0.396 e. The van der Waals surface area contributed by atoms with Gasteiger partial charge < -0.3 is 5.11 Å². The number of aromatic nitrogens is 1. The van der Waals surface area contributed by atoms with Crippen LogP contribution in [0, 0.1) is 0 Å². The molecule has 0 unspecified atom stereocenters. The summed E-state index contributed by atoms with van der Waals surface area (Å²) in [6.07, 6.45) is -0.663. The van der Waals surface area contributed by atoms with E-state index in [-0.39, 0.29) is 15.9 Å². The maximum Gasteiger partial charge on any atom is 0.275 e. The molecule has 1 rings (SSSR count). The van der Waals surface area contributed by atoms with Gasteiger partial charge >= 0.3 is 0 Å². The summed E-state index contributed by atoms with van der Waals surface area (Å²) < 4.78 is 26.4. The number of hydrogen-bond acceptors (Lipinski definition) is 2. The first-order chi connectivity index (χ1) is 6.45. The highest BCUT2D eigenvalue weighted by Crippen LogP contribution is 2.33. The predicted molar refractivity (Wildman–Crippen MR) is 49.9 cm³/mol. The molecule has 1 heterocycles. The first kappa shape index (κ1) is 11.6. The number of aliphatic hydroxyl groups excluding tert-OH is 1. The van der Waals surface area contributed by atoms with E-state index in [0.717, 1.165) is 12.1 Å². The molecule has 0 aliphatic carbocycles. The lowest BCUT2D eigenvalue weighted by molar-refractivity contribution is -0.0270. The van der Waals surface area contributed by atoms with Crippen molar-refractivity contribution in [2.45, 2.75) is 12.3 Å². The number of pyridine rings is 1. The van der Waals surface area contributed by atoms with Crippen molar-refractivity contribution >= 4 is 23.2 Å². The minimum absolute atomic E-state index is 0.0925. The summed E-state index contributed by atoms with van der Waals surface area (Å²) in [6, 6.07) is 2.06. The highest BCUT2D eigenvalue weighted by molar-refractivity contribution is 6.32. The fraction of sp³-hybridized carbons (Fsp3) is 0.375. The molecule has 14 heavy (non-hydrogen) atoms. The SMILES string of the molecule is OCCC(F)(F)c1cc(Cl)nc(Cl)c1. The van der Waals surface area contributed by atoms with Gasteiger partial charge in [0.05, 0.1) is 0 Å². The van der Waals surface area contributed by atoms with Crippen molar-refractivity contribution in [2.24, 2.45) is 0 Å². The van der Waals surface area contributed by atoms with E-state index in [2.05, 4.69) is 4.98 Å². The number of hydrogen-bond donors (Lipinski definition) is 1. The Bertz CT molecular complexity index is 313. The number of aliphatic hydroxyl groups is 1. The summed E-state index contributed by atoms with van der Waals surface area (Å²) in [5, 5.41) is 8.26. The summed E-state index contributed by atoms with van der Waals surface area (Å²) in [7, 11) is 0. The van der Waals surface area contributed by atoms with Crippen LogP contribution in [0.2, 0.25) is 10.3 Å². The zero-order valence-electron chi connectivity index (χ0n) is 6.98. The fourth-order valence-corrected chi connectivity index (χ4v) is 1.42. The Morgan fingerprint density at radius 2 is 1.79 bits per heavy atom. The minimum Gasteiger partial charge on any atom is -0.396 e. The second kappa shape index (κ2) is 4.38. The molecule has 1 aromatic heterocycles. The van der Waals surface area contributed by atoms with Gasteiger partial charge in [-0.25, -0.2) is 13.8 Å². The van der Waals surface area contributed by atoms with Crippen molar-refractivity contribution in [2.75, 3.05) is 6.61 Å². The van der Waals surface area contributed by atoms with Gasteiger partial charge in [-0.2, -0.15) is 0 Å². The van der Waals surface area contributed by atoms with Crippen LogP contribution < -0.4 is 0 Å². The molecule has 6 heteroatoms. The van der Waals surface area contributed by atoms with Gasteiger partial charge in [-0.3, -0.25) is 0 Å². The molecule has 1 aromatic rings. The number of nitrogens with zero attached hydrogens (tertiary/aromatic N) is 1. The average Bonchev–Trinajstić information content (AvgIpc) is 2.02. The molecule has 0 bridgehead atoms. The smallest absolute Gasteiger partial charge is 0.275 e. The summed E-state index contributed by atoms with van der Waals surface area (Å²) in [6.45, 7) is -0.607. The topological polar surface area (TPSA) is 33.1 Å². The molecule has 0 spiro atoms. The Morgan fingerprint density at radius 1 is 1.29 bits per heavy atom. The Kier molecular flexibility index (Phi) is 3.64. The highest BCUT2D eigenvalue weighted by Gasteiger charge is 2.31. The average molecular weight is 242 g/mol. The molecule has 0 atom stereocenters. The van der Waals surface area contributed by atoms with Crippen LogP contribution in [0.25, 0.3) is 0 Å². The second-order valence-corrected chi connectivity index (χ2v) is 3.45. The van der Waals surface area contributed by atoms with Crippen LogP contribution in [-0.4, -0.2) is 16.7 Å². The molecule has 0 fully saturated rings. The minimum atomic E-state index is -3.13. The third kappa shape index (κ3) is 2.77. The normalized spacial score (nSPS) is 11.8. The molecule has 78 valence electrons. The maximum atomic E-state index is 13.2. The maximum absolute atomic E-state index is 13.2. The van der Waals surface area contributed by atoms with E-state index in [0.29, 0.717) is 0 Å². The quantitative estimate of drug-likeness (QED) is 0.826. The summed E-state index contributed by atoms with van der Waals surface area (Å²) in [5.41, 5.74) is -0.337. The summed E-state index contributed by atoms with van der Waals surface area (Å²) in [5.74, 6) is -3.13.